The molecule has 0 saturated heterocycles. The number of benzene rings is 1. The van der Waals surface area contributed by atoms with Crippen molar-refractivity contribution in [3.8, 4) is 0 Å². The Bertz CT molecular complexity index is 441. The van der Waals surface area contributed by atoms with Gasteiger partial charge in [0.1, 0.15) is 0 Å². The molecular formula is C13H18N2OS. The number of hydrogen-bond acceptors (Lipinski definition) is 2. The highest BCUT2D eigenvalue weighted by Gasteiger charge is 2.12. The number of carbonyl (C=O) groups is 1. The van der Waals surface area contributed by atoms with Gasteiger partial charge in [0.2, 0.25) is 5.91 Å². The van der Waals surface area contributed by atoms with Gasteiger partial charge in [-0.15, -0.1) is 0 Å². The van der Waals surface area contributed by atoms with E-state index >= 15 is 0 Å². The van der Waals surface area contributed by atoms with Gasteiger partial charge in [0, 0.05) is 5.69 Å². The molecule has 17 heavy (non-hydrogen) atoms. The molecule has 1 rings (SSSR count). The van der Waals surface area contributed by atoms with E-state index in [1.54, 1.807) is 0 Å². The molecule has 4 heteroatoms. The third-order valence-electron chi connectivity index (χ3n) is 2.53. The summed E-state index contributed by atoms with van der Waals surface area (Å²) in [5.74, 6) is 0.198. The van der Waals surface area contributed by atoms with Gasteiger partial charge in [-0.1, -0.05) is 44.3 Å². The smallest absolute Gasteiger partial charge is 0.231 e. The van der Waals surface area contributed by atoms with Crippen molar-refractivity contribution in [2.24, 2.45) is 5.73 Å². The first-order valence-corrected chi connectivity index (χ1v) is 6.00. The molecule has 0 saturated carbocycles. The van der Waals surface area contributed by atoms with Gasteiger partial charge in [0.25, 0.3) is 0 Å². The largest absolute Gasteiger partial charge is 0.393 e. The second-order valence-electron chi connectivity index (χ2n) is 4.39. The lowest BCUT2D eigenvalue weighted by Gasteiger charge is -2.16. The SMILES string of the molecule is Cc1cccc(C(C)C)c1NC(=O)CC(N)=S. The third kappa shape index (κ3) is 3.82. The summed E-state index contributed by atoms with van der Waals surface area (Å²) < 4.78 is 0. The summed E-state index contributed by atoms with van der Waals surface area (Å²) in [6.07, 6.45) is 0.0845. The minimum absolute atomic E-state index is 0.0845. The Hall–Kier alpha value is -1.42. The van der Waals surface area contributed by atoms with Gasteiger partial charge in [-0.05, 0) is 24.0 Å². The molecule has 3 nitrogen and oxygen atoms in total. The highest BCUT2D eigenvalue weighted by molar-refractivity contribution is 7.80. The van der Waals surface area contributed by atoms with Crippen molar-refractivity contribution in [1.29, 1.82) is 0 Å². The van der Waals surface area contributed by atoms with E-state index in [-0.39, 0.29) is 17.3 Å². The molecule has 0 spiro atoms. The first-order valence-electron chi connectivity index (χ1n) is 5.59. The van der Waals surface area contributed by atoms with E-state index < -0.39 is 0 Å². The molecule has 1 aromatic rings. The van der Waals surface area contributed by atoms with Crippen LogP contribution in [-0.2, 0) is 4.79 Å². The van der Waals surface area contributed by atoms with E-state index in [1.807, 2.05) is 25.1 Å². The van der Waals surface area contributed by atoms with E-state index in [9.17, 15) is 4.79 Å². The summed E-state index contributed by atoms with van der Waals surface area (Å²) in [5.41, 5.74) is 8.41. The van der Waals surface area contributed by atoms with Crippen molar-refractivity contribution in [1.82, 2.24) is 0 Å². The second kappa shape index (κ2) is 5.77. The summed E-state index contributed by atoms with van der Waals surface area (Å²) in [4.78, 5) is 11.9. The molecule has 0 aromatic heterocycles. The van der Waals surface area contributed by atoms with Gasteiger partial charge in [0.15, 0.2) is 0 Å². The van der Waals surface area contributed by atoms with E-state index in [0.29, 0.717) is 5.92 Å². The van der Waals surface area contributed by atoms with Crippen molar-refractivity contribution in [2.75, 3.05) is 5.32 Å². The average Bonchev–Trinajstić information content (AvgIpc) is 2.19. The molecule has 0 unspecified atom stereocenters. The summed E-state index contributed by atoms with van der Waals surface area (Å²) >= 11 is 4.72. The molecule has 1 aromatic carbocycles. The predicted octanol–water partition coefficient (Wildman–Crippen LogP) is 2.73. The zero-order valence-corrected chi connectivity index (χ0v) is 11.2. The van der Waals surface area contributed by atoms with Gasteiger partial charge in [-0.2, -0.15) is 0 Å². The Kier molecular flexibility index (Phi) is 4.63. The van der Waals surface area contributed by atoms with Crippen LogP contribution < -0.4 is 11.1 Å². The fourth-order valence-corrected chi connectivity index (χ4v) is 1.82. The van der Waals surface area contributed by atoms with E-state index in [4.69, 9.17) is 18.0 Å². The van der Waals surface area contributed by atoms with E-state index in [0.717, 1.165) is 16.8 Å². The number of aryl methyl sites for hydroxylation is 1. The normalized spacial score (nSPS) is 10.4. The maximum atomic E-state index is 11.7. The minimum atomic E-state index is -0.159. The Morgan fingerprint density at radius 1 is 1.47 bits per heavy atom. The van der Waals surface area contributed by atoms with Crippen LogP contribution >= 0.6 is 12.2 Å². The number of nitrogens with two attached hydrogens (primary N) is 1. The molecule has 0 heterocycles. The Morgan fingerprint density at radius 2 is 2.12 bits per heavy atom. The fourth-order valence-electron chi connectivity index (χ4n) is 1.68. The van der Waals surface area contributed by atoms with Crippen LogP contribution in [0.5, 0.6) is 0 Å². The summed E-state index contributed by atoms with van der Waals surface area (Å²) in [6.45, 7) is 6.16. The maximum Gasteiger partial charge on any atom is 0.231 e. The van der Waals surface area contributed by atoms with Gasteiger partial charge < -0.3 is 11.1 Å². The lowest BCUT2D eigenvalue weighted by Crippen LogP contribution is -2.21. The van der Waals surface area contributed by atoms with Crippen molar-refractivity contribution in [2.45, 2.75) is 33.1 Å². The van der Waals surface area contributed by atoms with Crippen molar-refractivity contribution in [3.05, 3.63) is 29.3 Å². The summed E-state index contributed by atoms with van der Waals surface area (Å²) in [5, 5.41) is 2.89. The average molecular weight is 250 g/mol. The standard InChI is InChI=1S/C13H18N2OS/c1-8(2)10-6-4-5-9(3)13(10)15-12(16)7-11(14)17/h4-6,8H,7H2,1-3H3,(H2,14,17)(H,15,16). The highest BCUT2D eigenvalue weighted by Crippen LogP contribution is 2.27. The number of para-hydroxylation sites is 1. The molecule has 0 aliphatic carbocycles. The molecule has 0 aliphatic heterocycles. The van der Waals surface area contributed by atoms with Gasteiger partial charge in [-0.25, -0.2) is 0 Å². The molecule has 92 valence electrons. The monoisotopic (exact) mass is 250 g/mol. The highest BCUT2D eigenvalue weighted by atomic mass is 32.1. The lowest BCUT2D eigenvalue weighted by atomic mass is 9.98. The van der Waals surface area contributed by atoms with Crippen LogP contribution in [0.3, 0.4) is 0 Å². The van der Waals surface area contributed by atoms with Crippen LogP contribution in [-0.4, -0.2) is 10.9 Å². The first-order chi connectivity index (χ1) is 7.91. The van der Waals surface area contributed by atoms with Gasteiger partial charge >= 0.3 is 0 Å². The second-order valence-corrected chi connectivity index (χ2v) is 4.91. The molecule has 3 N–H and O–H groups in total. The Balaban J connectivity index is 2.96. The summed E-state index contributed by atoms with van der Waals surface area (Å²) in [7, 11) is 0. The number of rotatable bonds is 4. The van der Waals surface area contributed by atoms with Gasteiger partial charge in [0.05, 0.1) is 11.4 Å². The molecule has 0 aliphatic rings. The number of hydrogen-bond donors (Lipinski definition) is 2. The molecule has 0 fully saturated rings. The first kappa shape index (κ1) is 13.6. The fraction of sp³-hybridized carbons (Fsp3) is 0.385. The van der Waals surface area contributed by atoms with Gasteiger partial charge in [-0.3, -0.25) is 4.79 Å². The quantitative estimate of drug-likeness (QED) is 0.808. The minimum Gasteiger partial charge on any atom is -0.393 e. The number of thiocarbonyl (C=S) groups is 1. The summed E-state index contributed by atoms with van der Waals surface area (Å²) in [6, 6.07) is 5.99. The van der Waals surface area contributed by atoms with Crippen molar-refractivity contribution >= 4 is 28.8 Å². The van der Waals surface area contributed by atoms with Crippen molar-refractivity contribution < 1.29 is 4.79 Å². The van der Waals surface area contributed by atoms with Crippen LogP contribution in [0.25, 0.3) is 0 Å². The van der Waals surface area contributed by atoms with Crippen molar-refractivity contribution in [3.63, 3.8) is 0 Å². The van der Waals surface area contributed by atoms with Crippen LogP contribution in [0.4, 0.5) is 5.69 Å². The number of amides is 1. The van der Waals surface area contributed by atoms with Crippen LogP contribution in [0.1, 0.15) is 37.3 Å². The number of anilines is 1. The Labute approximate surface area is 107 Å². The molecule has 0 bridgehead atoms. The van der Waals surface area contributed by atoms with E-state index in [1.165, 1.54) is 0 Å². The van der Waals surface area contributed by atoms with Crippen LogP contribution in [0, 0.1) is 6.92 Å². The third-order valence-corrected chi connectivity index (χ3v) is 2.67. The van der Waals surface area contributed by atoms with E-state index in [2.05, 4.69) is 19.2 Å². The number of carbonyl (C=O) groups excluding carboxylic acids is 1. The Morgan fingerprint density at radius 3 is 2.65 bits per heavy atom. The maximum absolute atomic E-state index is 11.7. The molecule has 0 atom stereocenters. The molecule has 0 radical (unpaired) electrons. The lowest BCUT2D eigenvalue weighted by molar-refractivity contribution is -0.115. The zero-order valence-electron chi connectivity index (χ0n) is 10.4. The molecule has 1 amide bonds. The van der Waals surface area contributed by atoms with Crippen LogP contribution in [0.15, 0.2) is 18.2 Å². The van der Waals surface area contributed by atoms with Crippen LogP contribution in [0.2, 0.25) is 0 Å². The number of nitrogens with one attached hydrogen (secondary N) is 1. The predicted molar refractivity (Wildman–Crippen MR) is 75.3 cm³/mol. The zero-order chi connectivity index (χ0) is 13.0. The topological polar surface area (TPSA) is 55.1 Å². The molecular weight excluding hydrogens is 232 g/mol.